The van der Waals surface area contributed by atoms with E-state index in [1.165, 1.54) is 0 Å². The molecule has 7 nitrogen and oxygen atoms in total. The van der Waals surface area contributed by atoms with Crippen molar-refractivity contribution < 1.29 is 9.59 Å². The van der Waals surface area contributed by atoms with Crippen LogP contribution in [0.2, 0.25) is 0 Å². The Morgan fingerprint density at radius 2 is 1.75 bits per heavy atom. The summed E-state index contributed by atoms with van der Waals surface area (Å²) in [6.07, 6.45) is 3.81. The molecule has 2 amide bonds. The van der Waals surface area contributed by atoms with Gasteiger partial charge < -0.3 is 10.2 Å². The van der Waals surface area contributed by atoms with Crippen molar-refractivity contribution in [2.75, 3.05) is 18.4 Å². The van der Waals surface area contributed by atoms with E-state index < -0.39 is 0 Å². The summed E-state index contributed by atoms with van der Waals surface area (Å²) in [6, 6.07) is 15.0. The topological polar surface area (TPSA) is 86.4 Å². The Labute approximate surface area is 164 Å². The number of rotatable bonds is 4. The van der Waals surface area contributed by atoms with Crippen LogP contribution in [0.15, 0.2) is 54.7 Å². The number of carbonyl (C=O) groups is 2. The maximum Gasteiger partial charge on any atom is 0.241 e. The van der Waals surface area contributed by atoms with Gasteiger partial charge in [-0.1, -0.05) is 24.3 Å². The summed E-state index contributed by atoms with van der Waals surface area (Å²) in [5.74, 6) is 0.0715. The third-order valence-corrected chi connectivity index (χ3v) is 5.46. The second-order valence-corrected chi connectivity index (χ2v) is 7.34. The van der Waals surface area contributed by atoms with Gasteiger partial charge in [-0.3, -0.25) is 14.6 Å². The molecule has 1 aromatic heterocycles. The second kappa shape index (κ2) is 8.50. The summed E-state index contributed by atoms with van der Waals surface area (Å²) in [6.45, 7) is 1.22. The van der Waals surface area contributed by atoms with E-state index in [1.807, 2.05) is 53.4 Å². The fourth-order valence-electron chi connectivity index (χ4n) is 3.84. The van der Waals surface area contributed by atoms with Gasteiger partial charge in [-0.15, -0.1) is 0 Å². The Morgan fingerprint density at radius 3 is 2.46 bits per heavy atom. The molecule has 2 fully saturated rings. The molecule has 7 heteroatoms. The van der Waals surface area contributed by atoms with Crippen LogP contribution in [-0.4, -0.2) is 40.8 Å². The van der Waals surface area contributed by atoms with Gasteiger partial charge >= 0.3 is 0 Å². The number of hydrazine groups is 1. The molecule has 2 atom stereocenters. The van der Waals surface area contributed by atoms with Crippen molar-refractivity contribution in [2.24, 2.45) is 5.92 Å². The number of nitrogens with zero attached hydrogens (tertiary/aromatic N) is 2. The van der Waals surface area contributed by atoms with Gasteiger partial charge in [0, 0.05) is 30.9 Å². The highest BCUT2D eigenvalue weighted by Gasteiger charge is 2.35. The molecule has 2 aliphatic rings. The van der Waals surface area contributed by atoms with E-state index >= 15 is 0 Å². The highest BCUT2D eigenvalue weighted by molar-refractivity contribution is 5.92. The van der Waals surface area contributed by atoms with Gasteiger partial charge in [-0.2, -0.15) is 0 Å². The Kier molecular flexibility index (Phi) is 5.64. The molecule has 0 radical (unpaired) electrons. The molecule has 2 unspecified atom stereocenters. The smallest absolute Gasteiger partial charge is 0.241 e. The largest absolute Gasteiger partial charge is 0.341 e. The zero-order valence-corrected chi connectivity index (χ0v) is 15.7. The number of likely N-dealkylation sites (tertiary alicyclic amines) is 1. The molecule has 0 saturated carbocycles. The molecule has 0 bridgehead atoms. The van der Waals surface area contributed by atoms with E-state index in [9.17, 15) is 9.59 Å². The van der Waals surface area contributed by atoms with Crippen LogP contribution in [0.1, 0.15) is 31.0 Å². The average Bonchev–Trinajstić information content (AvgIpc) is 3.25. The van der Waals surface area contributed by atoms with Crippen LogP contribution < -0.4 is 16.2 Å². The summed E-state index contributed by atoms with van der Waals surface area (Å²) in [5, 5.41) is 2.96. The van der Waals surface area contributed by atoms with Gasteiger partial charge in [0.05, 0.1) is 11.7 Å². The zero-order valence-electron chi connectivity index (χ0n) is 15.7. The number of pyridine rings is 1. The van der Waals surface area contributed by atoms with E-state index in [-0.39, 0.29) is 29.8 Å². The van der Waals surface area contributed by atoms with Gasteiger partial charge in [0.1, 0.15) is 6.04 Å². The summed E-state index contributed by atoms with van der Waals surface area (Å²) in [5.41, 5.74) is 8.03. The number of anilines is 1. The van der Waals surface area contributed by atoms with Gasteiger partial charge in [-0.05, 0) is 43.5 Å². The highest BCUT2D eigenvalue weighted by atomic mass is 16.2. The fraction of sp³-hybridized carbons (Fsp3) is 0.381. The number of nitrogens with one attached hydrogen (secondary N) is 3. The molecule has 4 rings (SSSR count). The molecular formula is C21H25N5O2. The number of hydrogen-bond acceptors (Lipinski definition) is 5. The first-order valence-electron chi connectivity index (χ1n) is 9.77. The third kappa shape index (κ3) is 4.21. The maximum atomic E-state index is 12.8. The molecule has 2 saturated heterocycles. The molecule has 146 valence electrons. The van der Waals surface area contributed by atoms with Crippen molar-refractivity contribution >= 4 is 17.5 Å². The molecule has 1 aromatic carbocycles. The normalized spacial score (nSPS) is 22.8. The number of carbonyl (C=O) groups excluding carboxylic acids is 2. The molecule has 3 N–H and O–H groups in total. The molecule has 0 aliphatic carbocycles. The van der Waals surface area contributed by atoms with Crippen molar-refractivity contribution in [3.8, 4) is 0 Å². The van der Waals surface area contributed by atoms with Crippen molar-refractivity contribution in [3.05, 3.63) is 60.4 Å². The minimum Gasteiger partial charge on any atom is -0.341 e. The minimum absolute atomic E-state index is 0.0318. The second-order valence-electron chi connectivity index (χ2n) is 7.34. The molecule has 28 heavy (non-hydrogen) atoms. The van der Waals surface area contributed by atoms with Crippen LogP contribution in [0, 0.1) is 5.92 Å². The number of benzene rings is 1. The number of amides is 2. The number of para-hydroxylation sites is 1. The first-order chi connectivity index (χ1) is 13.7. The first-order valence-corrected chi connectivity index (χ1v) is 9.77. The van der Waals surface area contributed by atoms with Crippen molar-refractivity contribution in [3.63, 3.8) is 0 Å². The molecular weight excluding hydrogens is 354 g/mol. The van der Waals surface area contributed by atoms with Crippen LogP contribution >= 0.6 is 0 Å². The van der Waals surface area contributed by atoms with E-state index in [0.717, 1.165) is 11.4 Å². The predicted molar refractivity (Wildman–Crippen MR) is 106 cm³/mol. The fourth-order valence-corrected chi connectivity index (χ4v) is 3.84. The monoisotopic (exact) mass is 379 g/mol. The van der Waals surface area contributed by atoms with Gasteiger partial charge in [0.15, 0.2) is 0 Å². The van der Waals surface area contributed by atoms with E-state index in [0.29, 0.717) is 32.4 Å². The maximum absolute atomic E-state index is 12.8. The standard InChI is InChI=1S/C21H25N5O2/c27-20(23-16-6-2-1-3-7-16)15-9-12-26(13-10-15)21(28)19-14-18(24-25-19)17-8-4-5-11-22-17/h1-8,11,15,18-19,24-25H,9-10,12-14H2,(H,23,27). The quantitative estimate of drug-likeness (QED) is 0.755. The van der Waals surface area contributed by atoms with Gasteiger partial charge in [0.2, 0.25) is 11.8 Å². The van der Waals surface area contributed by atoms with Gasteiger partial charge in [0.25, 0.3) is 0 Å². The summed E-state index contributed by atoms with van der Waals surface area (Å²) in [4.78, 5) is 31.5. The zero-order chi connectivity index (χ0) is 19.3. The van der Waals surface area contributed by atoms with Crippen LogP contribution in [0.5, 0.6) is 0 Å². The number of aromatic nitrogens is 1. The van der Waals surface area contributed by atoms with Crippen LogP contribution in [0.3, 0.4) is 0 Å². The average molecular weight is 379 g/mol. The summed E-state index contributed by atoms with van der Waals surface area (Å²) >= 11 is 0. The Morgan fingerprint density at radius 1 is 1.00 bits per heavy atom. The lowest BCUT2D eigenvalue weighted by Gasteiger charge is -2.32. The Hall–Kier alpha value is -2.77. The Bertz CT molecular complexity index is 806. The number of hydrogen-bond donors (Lipinski definition) is 3. The lowest BCUT2D eigenvalue weighted by Crippen LogP contribution is -2.49. The molecule has 2 aromatic rings. The lowest BCUT2D eigenvalue weighted by atomic mass is 9.95. The summed E-state index contributed by atoms with van der Waals surface area (Å²) < 4.78 is 0. The predicted octanol–water partition coefficient (Wildman–Crippen LogP) is 1.87. The van der Waals surface area contributed by atoms with E-state index in [4.69, 9.17) is 0 Å². The van der Waals surface area contributed by atoms with Crippen LogP contribution in [0.25, 0.3) is 0 Å². The van der Waals surface area contributed by atoms with Crippen molar-refractivity contribution in [1.29, 1.82) is 0 Å². The van der Waals surface area contributed by atoms with Crippen LogP contribution in [-0.2, 0) is 9.59 Å². The number of piperidine rings is 1. The molecule has 3 heterocycles. The van der Waals surface area contributed by atoms with E-state index in [1.54, 1.807) is 6.20 Å². The van der Waals surface area contributed by atoms with Crippen LogP contribution in [0.4, 0.5) is 5.69 Å². The van der Waals surface area contributed by atoms with Crippen molar-refractivity contribution in [1.82, 2.24) is 20.7 Å². The van der Waals surface area contributed by atoms with Gasteiger partial charge in [-0.25, -0.2) is 10.9 Å². The third-order valence-electron chi connectivity index (χ3n) is 5.46. The Balaban J connectivity index is 1.27. The first kappa shape index (κ1) is 18.6. The molecule has 2 aliphatic heterocycles. The lowest BCUT2D eigenvalue weighted by molar-refractivity contribution is -0.136. The SMILES string of the molecule is O=C(Nc1ccccc1)C1CCN(C(=O)C2CC(c3ccccn3)NN2)CC1. The summed E-state index contributed by atoms with van der Waals surface area (Å²) in [7, 11) is 0. The molecule has 0 spiro atoms. The van der Waals surface area contributed by atoms with Crippen molar-refractivity contribution in [2.45, 2.75) is 31.3 Å². The van der Waals surface area contributed by atoms with E-state index in [2.05, 4.69) is 21.2 Å². The minimum atomic E-state index is -0.262. The highest BCUT2D eigenvalue weighted by Crippen LogP contribution is 2.24.